The largest absolute Gasteiger partial charge is 0.495 e. The fraction of sp³-hybridized carbons (Fsp3) is 0.316. The van der Waals surface area contributed by atoms with E-state index >= 15 is 0 Å². The summed E-state index contributed by atoms with van der Waals surface area (Å²) in [6, 6.07) is 12.0. The van der Waals surface area contributed by atoms with Gasteiger partial charge in [-0.1, -0.05) is 42.3 Å². The molecule has 0 saturated carbocycles. The Morgan fingerprint density at radius 1 is 1.09 bits per heavy atom. The highest BCUT2D eigenvalue weighted by molar-refractivity contribution is 6.33. The van der Waals surface area contributed by atoms with Crippen LogP contribution in [0.15, 0.2) is 41.4 Å². The van der Waals surface area contributed by atoms with Crippen molar-refractivity contribution in [2.24, 2.45) is 10.9 Å². The molecule has 3 rings (SSSR count). The van der Waals surface area contributed by atoms with Crippen molar-refractivity contribution in [2.45, 2.75) is 26.3 Å². The third-order valence-corrected chi connectivity index (χ3v) is 5.00. The smallest absolute Gasteiger partial charge is 0.137 e. The van der Waals surface area contributed by atoms with Crippen molar-refractivity contribution in [3.63, 3.8) is 0 Å². The third-order valence-electron chi connectivity index (χ3n) is 4.45. The van der Waals surface area contributed by atoms with E-state index in [1.807, 2.05) is 36.4 Å². The second-order valence-corrected chi connectivity index (χ2v) is 6.89. The van der Waals surface area contributed by atoms with E-state index in [9.17, 15) is 0 Å². The van der Waals surface area contributed by atoms with Crippen molar-refractivity contribution in [2.75, 3.05) is 7.11 Å². The first-order chi connectivity index (χ1) is 11.0. The first-order valence-electron chi connectivity index (χ1n) is 7.70. The molecule has 23 heavy (non-hydrogen) atoms. The highest BCUT2D eigenvalue weighted by atomic mass is 35.5. The summed E-state index contributed by atoms with van der Waals surface area (Å²) in [5, 5.41) is 1.33. The molecule has 0 spiro atoms. The standard InChI is InChI=1S/C19H19Cl2NO/c1-11-8-14-9-18(23-3)17(21)10-16(14)19(22-12(11)2)13-4-6-15(20)7-5-13/h4-7,9-12H,8H2,1-3H3/t11-,12?/m0/s1. The highest BCUT2D eigenvalue weighted by Gasteiger charge is 2.24. The van der Waals surface area contributed by atoms with Gasteiger partial charge in [0.15, 0.2) is 0 Å². The van der Waals surface area contributed by atoms with Crippen molar-refractivity contribution in [3.05, 3.63) is 63.1 Å². The lowest BCUT2D eigenvalue weighted by atomic mass is 9.92. The molecule has 1 aliphatic rings. The molecule has 0 fully saturated rings. The predicted octanol–water partition coefficient (Wildman–Crippen LogP) is 5.42. The second-order valence-electron chi connectivity index (χ2n) is 6.05. The normalized spacial score (nSPS) is 20.5. The molecule has 0 amide bonds. The average molecular weight is 348 g/mol. The molecule has 0 aromatic heterocycles. The van der Waals surface area contributed by atoms with E-state index in [4.69, 9.17) is 32.9 Å². The number of aliphatic imine (C=N–C) groups is 1. The zero-order chi connectivity index (χ0) is 16.6. The molecule has 0 bridgehead atoms. The van der Waals surface area contributed by atoms with Crippen molar-refractivity contribution in [1.29, 1.82) is 0 Å². The van der Waals surface area contributed by atoms with Gasteiger partial charge in [-0.05, 0) is 49.1 Å². The number of benzene rings is 2. The maximum Gasteiger partial charge on any atom is 0.137 e. The summed E-state index contributed by atoms with van der Waals surface area (Å²) in [5.74, 6) is 1.16. The summed E-state index contributed by atoms with van der Waals surface area (Å²) in [4.78, 5) is 4.97. The van der Waals surface area contributed by atoms with E-state index in [2.05, 4.69) is 13.8 Å². The van der Waals surface area contributed by atoms with Gasteiger partial charge in [-0.2, -0.15) is 0 Å². The molecule has 0 aliphatic carbocycles. The van der Waals surface area contributed by atoms with Gasteiger partial charge in [0.05, 0.1) is 23.9 Å². The van der Waals surface area contributed by atoms with Gasteiger partial charge in [-0.15, -0.1) is 0 Å². The number of fused-ring (bicyclic) bond motifs is 1. The Balaban J connectivity index is 2.20. The molecule has 2 nitrogen and oxygen atoms in total. The first-order valence-corrected chi connectivity index (χ1v) is 8.45. The number of rotatable bonds is 2. The molecule has 0 N–H and O–H groups in total. The summed E-state index contributed by atoms with van der Waals surface area (Å²) in [6.07, 6.45) is 0.949. The molecular weight excluding hydrogens is 329 g/mol. The fourth-order valence-corrected chi connectivity index (χ4v) is 3.26. The highest BCUT2D eigenvalue weighted by Crippen LogP contribution is 2.34. The van der Waals surface area contributed by atoms with Crippen LogP contribution in [-0.2, 0) is 6.42 Å². The van der Waals surface area contributed by atoms with E-state index in [-0.39, 0.29) is 6.04 Å². The topological polar surface area (TPSA) is 21.6 Å². The van der Waals surface area contributed by atoms with Gasteiger partial charge in [0.1, 0.15) is 5.75 Å². The van der Waals surface area contributed by atoms with Crippen LogP contribution in [0.3, 0.4) is 0 Å². The Hall–Kier alpha value is -1.51. The van der Waals surface area contributed by atoms with Crippen LogP contribution >= 0.6 is 23.2 Å². The quantitative estimate of drug-likeness (QED) is 0.710. The summed E-state index contributed by atoms with van der Waals surface area (Å²) < 4.78 is 5.38. The van der Waals surface area contributed by atoms with Gasteiger partial charge in [0, 0.05) is 16.1 Å². The van der Waals surface area contributed by atoms with Gasteiger partial charge < -0.3 is 4.74 Å². The van der Waals surface area contributed by atoms with Crippen LogP contribution in [0, 0.1) is 5.92 Å². The fourth-order valence-electron chi connectivity index (χ4n) is 2.90. The van der Waals surface area contributed by atoms with Gasteiger partial charge in [0.2, 0.25) is 0 Å². The van der Waals surface area contributed by atoms with Crippen molar-refractivity contribution >= 4 is 28.9 Å². The number of hydrogen-bond acceptors (Lipinski definition) is 2. The van der Waals surface area contributed by atoms with E-state index < -0.39 is 0 Å². The van der Waals surface area contributed by atoms with Crippen LogP contribution in [0.4, 0.5) is 0 Å². The van der Waals surface area contributed by atoms with Gasteiger partial charge in [-0.25, -0.2) is 0 Å². The van der Waals surface area contributed by atoms with E-state index in [1.165, 1.54) is 5.56 Å². The van der Waals surface area contributed by atoms with Crippen LogP contribution in [0.25, 0.3) is 0 Å². The predicted molar refractivity (Wildman–Crippen MR) is 97.4 cm³/mol. The molecule has 0 saturated heterocycles. The van der Waals surface area contributed by atoms with E-state index in [0.717, 1.165) is 28.3 Å². The molecule has 2 aromatic rings. The lowest BCUT2D eigenvalue weighted by Gasteiger charge is -2.14. The third kappa shape index (κ3) is 3.24. The van der Waals surface area contributed by atoms with Crippen molar-refractivity contribution < 1.29 is 4.74 Å². The van der Waals surface area contributed by atoms with Crippen LogP contribution in [0.5, 0.6) is 5.75 Å². The minimum atomic E-state index is 0.234. The van der Waals surface area contributed by atoms with Crippen LogP contribution < -0.4 is 4.74 Å². The maximum absolute atomic E-state index is 6.36. The Labute approximate surface area is 147 Å². The zero-order valence-electron chi connectivity index (χ0n) is 13.4. The number of nitrogens with zero attached hydrogens (tertiary/aromatic N) is 1. The Morgan fingerprint density at radius 2 is 1.78 bits per heavy atom. The number of hydrogen-bond donors (Lipinski definition) is 0. The van der Waals surface area contributed by atoms with Gasteiger partial charge in [-0.3, -0.25) is 4.99 Å². The second kappa shape index (κ2) is 6.54. The van der Waals surface area contributed by atoms with Crippen molar-refractivity contribution in [3.8, 4) is 5.75 Å². The van der Waals surface area contributed by atoms with E-state index in [1.54, 1.807) is 7.11 Å². The van der Waals surface area contributed by atoms with Crippen molar-refractivity contribution in [1.82, 2.24) is 0 Å². The number of halogens is 2. The molecular formula is C19H19Cl2NO. The minimum Gasteiger partial charge on any atom is -0.495 e. The molecule has 4 heteroatoms. The first kappa shape index (κ1) is 16.4. The lowest BCUT2D eigenvalue weighted by molar-refractivity contribution is 0.413. The van der Waals surface area contributed by atoms with Crippen LogP contribution in [-0.4, -0.2) is 18.9 Å². The Morgan fingerprint density at radius 3 is 2.43 bits per heavy atom. The monoisotopic (exact) mass is 347 g/mol. The van der Waals surface area contributed by atoms with Gasteiger partial charge >= 0.3 is 0 Å². The van der Waals surface area contributed by atoms with Crippen LogP contribution in [0.1, 0.15) is 30.5 Å². The Bertz CT molecular complexity index is 753. The zero-order valence-corrected chi connectivity index (χ0v) is 14.9. The molecule has 120 valence electrons. The Kier molecular flexibility index (Phi) is 4.65. The maximum atomic E-state index is 6.36. The molecule has 1 unspecified atom stereocenters. The number of methoxy groups -OCH3 is 1. The van der Waals surface area contributed by atoms with Gasteiger partial charge in [0.25, 0.3) is 0 Å². The van der Waals surface area contributed by atoms with Crippen LogP contribution in [0.2, 0.25) is 10.0 Å². The summed E-state index contributed by atoms with van der Waals surface area (Å²) in [5.41, 5.74) is 4.32. The SMILES string of the molecule is COc1cc2c(cc1Cl)C(c1ccc(Cl)cc1)=NC(C)[C@@H](C)C2. The molecule has 2 aromatic carbocycles. The van der Waals surface area contributed by atoms with E-state index in [0.29, 0.717) is 16.7 Å². The minimum absolute atomic E-state index is 0.234. The summed E-state index contributed by atoms with van der Waals surface area (Å²) in [7, 11) is 1.64. The summed E-state index contributed by atoms with van der Waals surface area (Å²) in [6.45, 7) is 4.38. The molecule has 2 atom stereocenters. The summed E-state index contributed by atoms with van der Waals surface area (Å²) >= 11 is 12.4. The lowest BCUT2D eigenvalue weighted by Crippen LogP contribution is -2.13. The molecule has 0 radical (unpaired) electrons. The molecule has 1 heterocycles. The molecule has 1 aliphatic heterocycles. The number of ether oxygens (including phenoxy) is 1. The average Bonchev–Trinajstić information content (AvgIpc) is 2.65.